The highest BCUT2D eigenvalue weighted by Crippen LogP contribution is 2.46. The van der Waals surface area contributed by atoms with E-state index >= 15 is 0 Å². The summed E-state index contributed by atoms with van der Waals surface area (Å²) in [4.78, 5) is 11.5. The molecule has 0 saturated heterocycles. The predicted octanol–water partition coefficient (Wildman–Crippen LogP) is 4.20. The molecule has 0 aromatic carbocycles. The Kier molecular flexibility index (Phi) is 8.02. The number of halogens is 9. The third-order valence-electron chi connectivity index (χ3n) is 3.95. The van der Waals surface area contributed by atoms with Crippen LogP contribution >= 0.6 is 0 Å². The van der Waals surface area contributed by atoms with Crippen molar-refractivity contribution in [3.8, 4) is 0 Å². The maximum Gasteiger partial charge on any atom is 0.426 e. The smallest absolute Gasteiger partial charge is 0.426 e. The topological polar surface area (TPSA) is 66.8 Å². The molecule has 0 aliphatic carbocycles. The van der Waals surface area contributed by atoms with E-state index in [2.05, 4.69) is 11.3 Å². The Labute approximate surface area is 154 Å². The summed E-state index contributed by atoms with van der Waals surface area (Å²) in [6, 6.07) is 0. The summed E-state index contributed by atoms with van der Waals surface area (Å²) in [5.41, 5.74) is -8.79. The molecule has 4 nitrogen and oxygen atoms in total. The Balaban J connectivity index is 5.49. The zero-order chi connectivity index (χ0) is 22.8. The van der Waals surface area contributed by atoms with Gasteiger partial charge in [0, 0.05) is 5.57 Å². The van der Waals surface area contributed by atoms with Crippen molar-refractivity contribution in [2.75, 3.05) is 0 Å². The van der Waals surface area contributed by atoms with Crippen molar-refractivity contribution in [2.45, 2.75) is 75.4 Å². The van der Waals surface area contributed by atoms with Gasteiger partial charge >= 0.3 is 24.5 Å². The largest absolute Gasteiger partial charge is 0.459 e. The lowest BCUT2D eigenvalue weighted by molar-refractivity contribution is -0.370. The lowest BCUT2D eigenvalue weighted by Gasteiger charge is -2.34. The maximum atomic E-state index is 12.7. The van der Waals surface area contributed by atoms with E-state index < -0.39 is 67.5 Å². The summed E-state index contributed by atoms with van der Waals surface area (Å²) in [6.07, 6.45) is -24.7. The fourth-order valence-electron chi connectivity index (χ4n) is 1.91. The van der Waals surface area contributed by atoms with Crippen molar-refractivity contribution in [1.29, 1.82) is 0 Å². The molecule has 0 bridgehead atoms. The van der Waals surface area contributed by atoms with Crippen LogP contribution < -0.4 is 0 Å². The van der Waals surface area contributed by atoms with Gasteiger partial charge in [-0.1, -0.05) is 6.58 Å². The molecule has 0 saturated carbocycles. The highest BCUT2D eigenvalue weighted by molar-refractivity contribution is 5.87. The summed E-state index contributed by atoms with van der Waals surface area (Å²) in [5, 5.41) is 18.4. The monoisotopic (exact) mass is 434 g/mol. The van der Waals surface area contributed by atoms with Gasteiger partial charge in [0.2, 0.25) is 0 Å². The molecular formula is C15H19F9O4. The SMILES string of the molecule is C=C(C)C(=O)OC(CCC(C)(O)C(F)(F)F)CCC(O)(C(F)(F)F)C(F)(F)F. The minimum absolute atomic E-state index is 0.311. The molecule has 2 unspecified atom stereocenters. The van der Waals surface area contributed by atoms with E-state index in [4.69, 9.17) is 5.11 Å². The van der Waals surface area contributed by atoms with E-state index in [0.717, 1.165) is 6.92 Å². The Hall–Kier alpha value is -1.50. The number of carbonyl (C=O) groups excluding carboxylic acids is 1. The fourth-order valence-corrected chi connectivity index (χ4v) is 1.91. The molecule has 0 heterocycles. The first-order valence-electron chi connectivity index (χ1n) is 7.67. The minimum atomic E-state index is -6.13. The molecule has 0 fully saturated rings. The van der Waals surface area contributed by atoms with E-state index in [0.29, 0.717) is 6.92 Å². The number of rotatable bonds is 8. The number of alkyl halides is 9. The molecule has 166 valence electrons. The molecule has 0 aliphatic heterocycles. The van der Waals surface area contributed by atoms with Crippen LogP contribution in [0.3, 0.4) is 0 Å². The minimum Gasteiger partial charge on any atom is -0.459 e. The number of esters is 1. The Morgan fingerprint density at radius 1 is 0.893 bits per heavy atom. The lowest BCUT2D eigenvalue weighted by atomic mass is 9.90. The maximum absolute atomic E-state index is 12.7. The van der Waals surface area contributed by atoms with Crippen LogP contribution in [-0.2, 0) is 9.53 Å². The molecule has 0 amide bonds. The average molecular weight is 434 g/mol. The first-order valence-corrected chi connectivity index (χ1v) is 7.67. The van der Waals surface area contributed by atoms with Gasteiger partial charge < -0.3 is 14.9 Å². The summed E-state index contributed by atoms with van der Waals surface area (Å²) in [6.45, 7) is 4.56. The van der Waals surface area contributed by atoms with Crippen molar-refractivity contribution < 1.29 is 59.3 Å². The van der Waals surface area contributed by atoms with Crippen LogP contribution in [0.4, 0.5) is 39.5 Å². The number of ether oxygens (including phenoxy) is 1. The second-order valence-corrected chi connectivity index (χ2v) is 6.51. The summed E-state index contributed by atoms with van der Waals surface area (Å²) < 4.78 is 119. The zero-order valence-corrected chi connectivity index (χ0v) is 14.7. The zero-order valence-electron chi connectivity index (χ0n) is 14.7. The molecular weight excluding hydrogens is 415 g/mol. The van der Waals surface area contributed by atoms with E-state index in [1.807, 2.05) is 0 Å². The van der Waals surface area contributed by atoms with E-state index in [1.165, 1.54) is 0 Å². The Morgan fingerprint density at radius 2 is 1.29 bits per heavy atom. The van der Waals surface area contributed by atoms with Gasteiger partial charge in [-0.05, 0) is 39.5 Å². The summed E-state index contributed by atoms with van der Waals surface area (Å²) >= 11 is 0. The molecule has 2 atom stereocenters. The number of hydrogen-bond acceptors (Lipinski definition) is 4. The molecule has 2 N–H and O–H groups in total. The summed E-state index contributed by atoms with van der Waals surface area (Å²) in [7, 11) is 0. The Bertz CT molecular complexity index is 547. The molecule has 0 rings (SSSR count). The lowest BCUT2D eigenvalue weighted by Crippen LogP contribution is -2.57. The van der Waals surface area contributed by atoms with Crippen LogP contribution in [0.2, 0.25) is 0 Å². The van der Waals surface area contributed by atoms with Gasteiger partial charge in [0.25, 0.3) is 5.60 Å². The highest BCUT2D eigenvalue weighted by atomic mass is 19.4. The van der Waals surface area contributed by atoms with E-state index in [9.17, 15) is 49.4 Å². The van der Waals surface area contributed by atoms with Gasteiger partial charge in [-0.2, -0.15) is 39.5 Å². The second-order valence-electron chi connectivity index (χ2n) is 6.51. The van der Waals surface area contributed by atoms with Crippen molar-refractivity contribution in [2.24, 2.45) is 0 Å². The van der Waals surface area contributed by atoms with Crippen molar-refractivity contribution in [3.05, 3.63) is 12.2 Å². The predicted molar refractivity (Wildman–Crippen MR) is 76.9 cm³/mol. The van der Waals surface area contributed by atoms with Gasteiger partial charge in [-0.3, -0.25) is 0 Å². The number of carbonyl (C=O) groups is 1. The van der Waals surface area contributed by atoms with Crippen molar-refractivity contribution in [1.82, 2.24) is 0 Å². The van der Waals surface area contributed by atoms with Crippen LogP contribution in [0.25, 0.3) is 0 Å². The van der Waals surface area contributed by atoms with Crippen LogP contribution in [0, 0.1) is 0 Å². The molecule has 0 aromatic heterocycles. The average Bonchev–Trinajstić information content (AvgIpc) is 2.45. The molecule has 0 aliphatic rings. The first-order chi connectivity index (χ1) is 12.2. The van der Waals surface area contributed by atoms with Gasteiger partial charge in [0.15, 0.2) is 5.60 Å². The van der Waals surface area contributed by atoms with Crippen LogP contribution in [0.5, 0.6) is 0 Å². The van der Waals surface area contributed by atoms with Gasteiger partial charge in [-0.25, -0.2) is 4.79 Å². The van der Waals surface area contributed by atoms with E-state index in [1.54, 1.807) is 0 Å². The van der Waals surface area contributed by atoms with Crippen LogP contribution in [0.1, 0.15) is 39.5 Å². The van der Waals surface area contributed by atoms with Gasteiger partial charge in [0.1, 0.15) is 6.10 Å². The van der Waals surface area contributed by atoms with Gasteiger partial charge in [-0.15, -0.1) is 0 Å². The van der Waals surface area contributed by atoms with Crippen molar-refractivity contribution in [3.63, 3.8) is 0 Å². The standard InChI is InChI=1S/C15H19F9O4/c1-8(2)10(25)28-9(4-6-11(3,26)13(16,17)18)5-7-12(27,14(19,20)21)15(22,23)24/h9,26-27H,1,4-7H2,2-3H3. The van der Waals surface area contributed by atoms with E-state index in [-0.39, 0.29) is 5.57 Å². The number of aliphatic hydroxyl groups is 2. The van der Waals surface area contributed by atoms with Crippen LogP contribution in [-0.4, -0.2) is 52.0 Å². The summed E-state index contributed by atoms with van der Waals surface area (Å²) in [5.74, 6) is -1.26. The molecule has 13 heteroatoms. The molecule has 0 radical (unpaired) electrons. The first kappa shape index (κ1) is 26.5. The normalized spacial score (nSPS) is 17.0. The molecule has 0 aromatic rings. The van der Waals surface area contributed by atoms with Crippen LogP contribution in [0.15, 0.2) is 12.2 Å². The second kappa shape index (κ2) is 8.47. The third kappa shape index (κ3) is 6.54. The fraction of sp³-hybridized carbons (Fsp3) is 0.800. The molecule has 0 spiro atoms. The Morgan fingerprint density at radius 3 is 1.61 bits per heavy atom. The van der Waals surface area contributed by atoms with Crippen molar-refractivity contribution >= 4 is 5.97 Å². The number of hydrogen-bond donors (Lipinski definition) is 2. The van der Waals surface area contributed by atoms with Gasteiger partial charge in [0.05, 0.1) is 0 Å². The quantitative estimate of drug-likeness (QED) is 0.341. The third-order valence-corrected chi connectivity index (χ3v) is 3.95. The highest BCUT2D eigenvalue weighted by Gasteiger charge is 2.69. The molecule has 28 heavy (non-hydrogen) atoms.